The summed E-state index contributed by atoms with van der Waals surface area (Å²) in [5.74, 6) is 0.395. The first-order chi connectivity index (χ1) is 7.67. The Kier molecular flexibility index (Phi) is 4.25. The molecule has 0 saturated heterocycles. The van der Waals surface area contributed by atoms with E-state index in [2.05, 4.69) is 0 Å². The normalized spacial score (nSPS) is 10.0. The highest BCUT2D eigenvalue weighted by molar-refractivity contribution is 6.00. The van der Waals surface area contributed by atoms with Crippen LogP contribution >= 0.6 is 0 Å². The van der Waals surface area contributed by atoms with Gasteiger partial charge in [-0.15, -0.1) is 0 Å². The number of alkyl halides is 1. The zero-order valence-electron chi connectivity index (χ0n) is 9.25. The molecule has 88 valence electrons. The molecule has 0 radical (unpaired) electrons. The quantitative estimate of drug-likeness (QED) is 0.770. The van der Waals surface area contributed by atoms with E-state index in [0.717, 1.165) is 0 Å². The van der Waals surface area contributed by atoms with Crippen molar-refractivity contribution in [1.29, 1.82) is 0 Å². The van der Waals surface area contributed by atoms with Gasteiger partial charge in [0.2, 0.25) is 0 Å². The lowest BCUT2D eigenvalue weighted by Crippen LogP contribution is -2.15. The van der Waals surface area contributed by atoms with E-state index in [4.69, 9.17) is 15.2 Å². The molecule has 0 unspecified atom stereocenters. The molecule has 1 aromatic carbocycles. The van der Waals surface area contributed by atoms with Crippen molar-refractivity contribution in [1.82, 2.24) is 0 Å². The highest BCUT2D eigenvalue weighted by Gasteiger charge is 2.15. The summed E-state index contributed by atoms with van der Waals surface area (Å²) >= 11 is 0. The lowest BCUT2D eigenvalue weighted by molar-refractivity contribution is 0.0998. The molecule has 0 spiro atoms. The first-order valence-electron chi connectivity index (χ1n) is 4.72. The molecule has 1 aromatic rings. The fourth-order valence-corrected chi connectivity index (χ4v) is 1.40. The van der Waals surface area contributed by atoms with E-state index in [1.54, 1.807) is 0 Å². The largest absolute Gasteiger partial charge is 0.496 e. The van der Waals surface area contributed by atoms with E-state index in [0.29, 0.717) is 17.1 Å². The van der Waals surface area contributed by atoms with Gasteiger partial charge in [-0.05, 0) is 6.07 Å². The molecule has 0 amide bonds. The number of hydrogen-bond acceptors (Lipinski definition) is 4. The van der Waals surface area contributed by atoms with Crippen molar-refractivity contribution in [3.05, 3.63) is 23.3 Å². The number of carbonyl (C=O) groups excluding carboxylic acids is 1. The molecule has 0 aliphatic heterocycles. The average Bonchev–Trinajstić information content (AvgIpc) is 2.35. The van der Waals surface area contributed by atoms with Gasteiger partial charge in [-0.25, -0.2) is 4.39 Å². The molecule has 0 saturated carbocycles. The van der Waals surface area contributed by atoms with E-state index in [1.807, 2.05) is 0 Å². The second-order valence-electron chi connectivity index (χ2n) is 3.13. The summed E-state index contributed by atoms with van der Waals surface area (Å²) in [6, 6.07) is 2.89. The molecule has 4 nitrogen and oxygen atoms in total. The highest BCUT2D eigenvalue weighted by Crippen LogP contribution is 2.29. The molecule has 0 bridgehead atoms. The Balaban J connectivity index is 3.31. The minimum absolute atomic E-state index is 0.144. The fourth-order valence-electron chi connectivity index (χ4n) is 1.40. The molecule has 0 aliphatic carbocycles. The first kappa shape index (κ1) is 12.4. The second-order valence-corrected chi connectivity index (χ2v) is 3.13. The number of Topliss-reactive ketones (excluding diaryl/α,β-unsaturated/α-hetero) is 1. The summed E-state index contributed by atoms with van der Waals surface area (Å²) in [6.07, 6.45) is 0. The average molecular weight is 227 g/mol. The molecule has 16 heavy (non-hydrogen) atoms. The van der Waals surface area contributed by atoms with Crippen LogP contribution in [0.3, 0.4) is 0 Å². The third-order valence-corrected chi connectivity index (χ3v) is 2.23. The lowest BCUT2D eigenvalue weighted by Gasteiger charge is -2.12. The summed E-state index contributed by atoms with van der Waals surface area (Å²) in [5.41, 5.74) is 5.84. The maximum absolute atomic E-state index is 12.7. The zero-order valence-corrected chi connectivity index (χ0v) is 9.25. The van der Waals surface area contributed by atoms with Crippen molar-refractivity contribution in [2.45, 2.75) is 6.67 Å². The van der Waals surface area contributed by atoms with Crippen LogP contribution in [0.1, 0.15) is 15.9 Å². The van der Waals surface area contributed by atoms with Crippen LogP contribution in [0.4, 0.5) is 4.39 Å². The molecule has 2 N–H and O–H groups in total. The lowest BCUT2D eigenvalue weighted by atomic mass is 10.1. The molecule has 0 heterocycles. The highest BCUT2D eigenvalue weighted by atomic mass is 19.1. The Morgan fingerprint density at radius 2 is 1.94 bits per heavy atom. The van der Waals surface area contributed by atoms with Gasteiger partial charge in [0, 0.05) is 11.6 Å². The van der Waals surface area contributed by atoms with Crippen LogP contribution in [-0.2, 0) is 6.67 Å². The van der Waals surface area contributed by atoms with Crippen molar-refractivity contribution in [2.24, 2.45) is 5.73 Å². The number of benzene rings is 1. The maximum atomic E-state index is 12.7. The van der Waals surface area contributed by atoms with E-state index in [9.17, 15) is 9.18 Å². The summed E-state index contributed by atoms with van der Waals surface area (Å²) < 4.78 is 22.7. The zero-order chi connectivity index (χ0) is 12.1. The second kappa shape index (κ2) is 5.46. The van der Waals surface area contributed by atoms with Crippen molar-refractivity contribution >= 4 is 5.78 Å². The Morgan fingerprint density at radius 3 is 2.38 bits per heavy atom. The van der Waals surface area contributed by atoms with Crippen LogP contribution in [-0.4, -0.2) is 26.5 Å². The van der Waals surface area contributed by atoms with Crippen LogP contribution in [0.25, 0.3) is 0 Å². The number of methoxy groups -OCH3 is 2. The maximum Gasteiger partial charge on any atom is 0.180 e. The van der Waals surface area contributed by atoms with E-state index in [1.165, 1.54) is 26.4 Å². The molecular formula is C11H14FNO3. The van der Waals surface area contributed by atoms with Crippen molar-refractivity contribution < 1.29 is 18.7 Å². The van der Waals surface area contributed by atoms with Crippen molar-refractivity contribution in [3.63, 3.8) is 0 Å². The van der Waals surface area contributed by atoms with Gasteiger partial charge in [-0.3, -0.25) is 4.79 Å². The van der Waals surface area contributed by atoms with Gasteiger partial charge >= 0.3 is 0 Å². The smallest absolute Gasteiger partial charge is 0.180 e. The Hall–Kier alpha value is -1.62. The van der Waals surface area contributed by atoms with Crippen molar-refractivity contribution in [3.8, 4) is 11.5 Å². The van der Waals surface area contributed by atoms with Gasteiger partial charge in [0.25, 0.3) is 0 Å². The number of carbonyl (C=O) groups is 1. The summed E-state index contributed by atoms with van der Waals surface area (Å²) in [6.45, 7) is -0.855. The van der Waals surface area contributed by atoms with E-state index < -0.39 is 6.67 Å². The van der Waals surface area contributed by atoms with Crippen LogP contribution in [0, 0.1) is 0 Å². The molecule has 0 aromatic heterocycles. The fraction of sp³-hybridized carbons (Fsp3) is 0.364. The van der Waals surface area contributed by atoms with Gasteiger partial charge in [0.05, 0.1) is 26.3 Å². The van der Waals surface area contributed by atoms with E-state index >= 15 is 0 Å². The Morgan fingerprint density at radius 1 is 1.31 bits per heavy atom. The monoisotopic (exact) mass is 227 g/mol. The minimum atomic E-state index is -0.710. The van der Waals surface area contributed by atoms with Crippen LogP contribution in [0.15, 0.2) is 12.1 Å². The number of nitrogens with two attached hydrogens (primary N) is 1. The van der Waals surface area contributed by atoms with Crippen LogP contribution in [0.2, 0.25) is 0 Å². The molecule has 0 atom stereocenters. The Bertz CT molecular complexity index is 393. The number of halogens is 1. The van der Waals surface area contributed by atoms with Crippen molar-refractivity contribution in [2.75, 3.05) is 20.8 Å². The number of ketones is 1. The van der Waals surface area contributed by atoms with E-state index in [-0.39, 0.29) is 17.9 Å². The molecule has 5 heteroatoms. The summed E-state index contributed by atoms with van der Waals surface area (Å²) in [5, 5.41) is 0. The van der Waals surface area contributed by atoms with Gasteiger partial charge in [-0.1, -0.05) is 0 Å². The predicted molar refractivity (Wildman–Crippen MR) is 57.7 cm³/mol. The molecule has 0 fully saturated rings. The third-order valence-electron chi connectivity index (χ3n) is 2.23. The molecule has 0 aliphatic rings. The first-order valence-corrected chi connectivity index (χ1v) is 4.72. The van der Waals surface area contributed by atoms with Gasteiger partial charge in [0.15, 0.2) is 5.78 Å². The van der Waals surface area contributed by atoms with Gasteiger partial charge in [-0.2, -0.15) is 0 Å². The molecule has 1 rings (SSSR count). The summed E-state index contributed by atoms with van der Waals surface area (Å²) in [4.78, 5) is 11.5. The minimum Gasteiger partial charge on any atom is -0.496 e. The topological polar surface area (TPSA) is 61.5 Å². The van der Waals surface area contributed by atoms with Crippen LogP contribution < -0.4 is 15.2 Å². The standard InChI is InChI=1S/C11H14FNO3/c1-15-10-4-11(16-2)8(9(14)6-13)3-7(10)5-12/h3-4H,5-6,13H2,1-2H3. The Labute approximate surface area is 93.2 Å². The number of ether oxygens (including phenoxy) is 2. The molecular weight excluding hydrogens is 213 g/mol. The van der Waals surface area contributed by atoms with Gasteiger partial charge < -0.3 is 15.2 Å². The predicted octanol–water partition coefficient (Wildman–Crippen LogP) is 1.31. The van der Waals surface area contributed by atoms with Gasteiger partial charge in [0.1, 0.15) is 18.2 Å². The number of rotatable bonds is 5. The third kappa shape index (κ3) is 2.30. The SMILES string of the molecule is COc1cc(OC)c(C(=O)CN)cc1CF. The van der Waals surface area contributed by atoms with Crippen LogP contribution in [0.5, 0.6) is 11.5 Å². The number of hydrogen-bond donors (Lipinski definition) is 1. The summed E-state index contributed by atoms with van der Waals surface area (Å²) in [7, 11) is 2.86.